The molecule has 5 aliphatic rings. The van der Waals surface area contributed by atoms with Gasteiger partial charge in [0.2, 0.25) is 11.7 Å². The fourth-order valence-electron chi connectivity index (χ4n) is 6.79. The van der Waals surface area contributed by atoms with Gasteiger partial charge in [0.1, 0.15) is 0 Å². The van der Waals surface area contributed by atoms with E-state index in [1.165, 1.54) is 0 Å². The molecule has 1 aliphatic carbocycles. The van der Waals surface area contributed by atoms with E-state index in [-0.39, 0.29) is 17.7 Å². The van der Waals surface area contributed by atoms with Gasteiger partial charge < -0.3 is 14.8 Å². The zero-order valence-corrected chi connectivity index (χ0v) is 21.6. The van der Waals surface area contributed by atoms with Crippen LogP contribution in [-0.2, 0) is 34.8 Å². The van der Waals surface area contributed by atoms with E-state index in [9.17, 15) is 9.00 Å². The van der Waals surface area contributed by atoms with Gasteiger partial charge in [0.15, 0.2) is 11.9 Å². The minimum atomic E-state index is -1.10. The predicted molar refractivity (Wildman–Crippen MR) is 128 cm³/mol. The summed E-state index contributed by atoms with van der Waals surface area (Å²) in [5.74, 6) is 0.367. The molecule has 1 N–H and O–H groups in total. The largest absolute Gasteiger partial charge is 0.343 e. The molecular weight excluding hydrogens is 454 g/mol. The van der Waals surface area contributed by atoms with E-state index in [0.717, 1.165) is 25.7 Å². The molecule has 8 heteroatoms. The predicted octanol–water partition coefficient (Wildman–Crippen LogP) is 4.78. The zero-order valence-electron chi connectivity index (χ0n) is 20.8. The maximum atomic E-state index is 12.8. The van der Waals surface area contributed by atoms with Gasteiger partial charge in [-0.1, -0.05) is 19.9 Å². The first-order chi connectivity index (χ1) is 16.1. The molecule has 5 fully saturated rings. The number of fused-ring (bicyclic) bond motifs is 2. The maximum Gasteiger partial charge on any atom is 0.224 e. The van der Waals surface area contributed by atoms with Gasteiger partial charge in [-0.15, -0.1) is 0 Å². The van der Waals surface area contributed by atoms with Crippen LogP contribution in [0.3, 0.4) is 0 Å². The second kappa shape index (κ2) is 8.66. The highest BCUT2D eigenvalue weighted by molar-refractivity contribution is 7.84. The molecule has 4 aliphatic heterocycles. The van der Waals surface area contributed by atoms with Gasteiger partial charge >= 0.3 is 0 Å². The van der Waals surface area contributed by atoms with Gasteiger partial charge in [0.05, 0.1) is 5.60 Å². The molecule has 188 valence electrons. The van der Waals surface area contributed by atoms with E-state index >= 15 is 0 Å². The van der Waals surface area contributed by atoms with Gasteiger partial charge in [-0.3, -0.25) is 9.00 Å². The monoisotopic (exact) mass is 491 g/mol. The lowest BCUT2D eigenvalue weighted by Crippen LogP contribution is -2.72. The summed E-state index contributed by atoms with van der Waals surface area (Å²) < 4.78 is 25.0. The number of carbonyl (C=O) groups is 1. The minimum absolute atomic E-state index is 0.0821. The van der Waals surface area contributed by atoms with Crippen molar-refractivity contribution >= 4 is 22.4 Å². The van der Waals surface area contributed by atoms with Crippen molar-refractivity contribution in [3.63, 3.8) is 0 Å². The smallest absolute Gasteiger partial charge is 0.224 e. The van der Waals surface area contributed by atoms with Crippen molar-refractivity contribution in [3.8, 4) is 0 Å². The Bertz CT molecular complexity index is 988. The number of amides is 1. The number of hydrogen-bond acceptors (Lipinski definition) is 6. The van der Waals surface area contributed by atoms with Crippen molar-refractivity contribution in [3.05, 3.63) is 24.3 Å². The van der Waals surface area contributed by atoms with Crippen LogP contribution in [0.5, 0.6) is 0 Å². The molecule has 2 unspecified atom stereocenters. The summed E-state index contributed by atoms with van der Waals surface area (Å²) in [6.07, 6.45) is 5.99. The Morgan fingerprint density at radius 1 is 1.12 bits per heavy atom. The highest BCUT2D eigenvalue weighted by Gasteiger charge is 2.70. The lowest BCUT2D eigenvalue weighted by molar-refractivity contribution is -0.576. The van der Waals surface area contributed by atoms with Crippen LogP contribution in [0.25, 0.3) is 0 Å². The van der Waals surface area contributed by atoms with Crippen molar-refractivity contribution in [1.29, 1.82) is 0 Å². The summed E-state index contributed by atoms with van der Waals surface area (Å²) in [6.45, 7) is 8.57. The zero-order chi connectivity index (χ0) is 24.3. The van der Waals surface area contributed by atoms with E-state index in [1.807, 2.05) is 13.0 Å². The first kappa shape index (κ1) is 24.4. The number of hydrogen-bond donors (Lipinski definition) is 1. The SMILES string of the molecule is C[C@@H]1CC[C@H]2[C@@H](C)[C@@](C)(CCC(=O)Nc3cccc(S(C)=O)c3)O[C@@H]3O[C@@]4(C)CC[C@@H]1C32OO4. The first-order valence-electron chi connectivity index (χ1n) is 12.5. The number of carbonyl (C=O) groups excluding carboxylic acids is 1. The van der Waals surface area contributed by atoms with Crippen LogP contribution in [0.2, 0.25) is 0 Å². The molecular formula is C26H37NO6S. The molecule has 4 heterocycles. The van der Waals surface area contributed by atoms with E-state index in [2.05, 4.69) is 26.1 Å². The van der Waals surface area contributed by atoms with Gasteiger partial charge in [-0.25, -0.2) is 9.78 Å². The molecule has 0 aromatic heterocycles. The third kappa shape index (κ3) is 3.95. The molecule has 1 spiro atoms. The average molecular weight is 492 g/mol. The van der Waals surface area contributed by atoms with Crippen LogP contribution in [0.4, 0.5) is 5.69 Å². The van der Waals surface area contributed by atoms with Crippen molar-refractivity contribution in [2.45, 2.75) is 94.4 Å². The quantitative estimate of drug-likeness (QED) is 0.597. The summed E-state index contributed by atoms with van der Waals surface area (Å²) >= 11 is 0. The Morgan fingerprint density at radius 3 is 2.68 bits per heavy atom. The van der Waals surface area contributed by atoms with Gasteiger partial charge in [-0.2, -0.15) is 0 Å². The second-order valence-corrected chi connectivity index (χ2v) is 12.5. The molecule has 4 saturated heterocycles. The highest BCUT2D eigenvalue weighted by Crippen LogP contribution is 2.62. The third-order valence-electron chi connectivity index (χ3n) is 9.02. The van der Waals surface area contributed by atoms with Crippen molar-refractivity contribution in [2.75, 3.05) is 11.6 Å². The van der Waals surface area contributed by atoms with Crippen LogP contribution >= 0.6 is 0 Å². The normalized spacial score (nSPS) is 44.1. The Labute approximate surface area is 204 Å². The molecule has 34 heavy (non-hydrogen) atoms. The van der Waals surface area contributed by atoms with E-state index in [1.54, 1.807) is 24.5 Å². The van der Waals surface area contributed by atoms with Crippen LogP contribution in [-0.4, -0.2) is 39.7 Å². The highest BCUT2D eigenvalue weighted by atomic mass is 32.2. The molecule has 1 saturated carbocycles. The molecule has 1 aromatic carbocycles. The van der Waals surface area contributed by atoms with Crippen molar-refractivity contribution in [1.82, 2.24) is 0 Å². The lowest BCUT2D eigenvalue weighted by Gasteiger charge is -2.63. The Morgan fingerprint density at radius 2 is 1.91 bits per heavy atom. The first-order valence-corrected chi connectivity index (χ1v) is 14.1. The molecule has 9 atom stereocenters. The fourth-order valence-corrected chi connectivity index (χ4v) is 7.35. The molecule has 6 rings (SSSR count). The molecule has 7 nitrogen and oxygen atoms in total. The van der Waals surface area contributed by atoms with E-state index in [0.29, 0.717) is 35.3 Å². The fraction of sp³-hybridized carbons (Fsp3) is 0.731. The van der Waals surface area contributed by atoms with Crippen molar-refractivity contribution in [2.24, 2.45) is 23.7 Å². The Hall–Kier alpha value is -1.32. The van der Waals surface area contributed by atoms with Crippen LogP contribution < -0.4 is 5.32 Å². The average Bonchev–Trinajstić information content (AvgIpc) is 3.02. The number of rotatable bonds is 5. The minimum Gasteiger partial charge on any atom is -0.343 e. The number of nitrogens with one attached hydrogen (secondary N) is 1. The Kier molecular flexibility index (Phi) is 6.21. The van der Waals surface area contributed by atoms with Gasteiger partial charge in [0.25, 0.3) is 0 Å². The lowest BCUT2D eigenvalue weighted by atomic mass is 9.55. The van der Waals surface area contributed by atoms with Gasteiger partial charge in [0, 0.05) is 46.4 Å². The molecule has 0 radical (unpaired) electrons. The maximum absolute atomic E-state index is 12.8. The number of ether oxygens (including phenoxy) is 2. The molecule has 1 aromatic rings. The topological polar surface area (TPSA) is 83.1 Å². The van der Waals surface area contributed by atoms with Crippen LogP contribution in [0, 0.1) is 23.7 Å². The number of anilines is 1. The summed E-state index contributed by atoms with van der Waals surface area (Å²) in [5.41, 5.74) is -0.461. The Balaban J connectivity index is 1.33. The summed E-state index contributed by atoms with van der Waals surface area (Å²) in [5, 5.41) is 2.95. The van der Waals surface area contributed by atoms with Gasteiger partial charge in [-0.05, 0) is 75.5 Å². The van der Waals surface area contributed by atoms with Crippen LogP contribution in [0.1, 0.15) is 66.2 Å². The molecule has 2 bridgehead atoms. The third-order valence-corrected chi connectivity index (χ3v) is 9.93. The van der Waals surface area contributed by atoms with Crippen molar-refractivity contribution < 1.29 is 28.3 Å². The summed E-state index contributed by atoms with van der Waals surface area (Å²) in [6, 6.07) is 7.18. The molecule has 1 amide bonds. The summed E-state index contributed by atoms with van der Waals surface area (Å²) in [7, 11) is -1.10. The van der Waals surface area contributed by atoms with E-state index < -0.39 is 34.1 Å². The second-order valence-electron chi connectivity index (χ2n) is 11.2. The summed E-state index contributed by atoms with van der Waals surface area (Å²) in [4.78, 5) is 25.7. The van der Waals surface area contributed by atoms with E-state index in [4.69, 9.17) is 19.2 Å². The number of benzene rings is 1. The standard InChI is InChI=1S/C26H37NO6S/c1-16-9-10-21-17(2)24(3,13-12-22(28)27-18-7-6-8-19(15-18)34(5)29)30-23-26(21)20(16)11-14-25(4,31-23)32-33-26/h6-8,15-17,20-21,23H,9-14H2,1-5H3,(H,27,28)/t16-,17-,20+,21+,23-,24-,25-,26?,34?/m1/s1. The van der Waals surface area contributed by atoms with Crippen LogP contribution in [0.15, 0.2) is 29.2 Å².